The summed E-state index contributed by atoms with van der Waals surface area (Å²) in [4.78, 5) is 16.5. The van der Waals surface area contributed by atoms with E-state index < -0.39 is 0 Å². The molecule has 1 unspecified atom stereocenters. The molecule has 0 aromatic heterocycles. The van der Waals surface area contributed by atoms with E-state index in [2.05, 4.69) is 16.8 Å². The highest BCUT2D eigenvalue weighted by molar-refractivity contribution is 5.90. The topological polar surface area (TPSA) is 42.0 Å². The summed E-state index contributed by atoms with van der Waals surface area (Å²) in [5, 5.41) is 0. The van der Waals surface area contributed by atoms with Gasteiger partial charge >= 0.3 is 5.97 Å². The van der Waals surface area contributed by atoms with Gasteiger partial charge in [-0.3, -0.25) is 4.90 Å². The average Bonchev–Trinajstić information content (AvgIpc) is 2.54. The molecule has 0 amide bonds. The molecule has 3 rings (SSSR count). The van der Waals surface area contributed by atoms with Crippen molar-refractivity contribution < 1.29 is 14.3 Å². The van der Waals surface area contributed by atoms with Crippen molar-refractivity contribution in [2.24, 2.45) is 0 Å². The number of hydrogen-bond acceptors (Lipinski definition) is 5. The summed E-state index contributed by atoms with van der Waals surface area (Å²) in [6, 6.07) is 6.06. The molecular weight excluding hydrogens is 268 g/mol. The van der Waals surface area contributed by atoms with Gasteiger partial charge in [0.2, 0.25) is 0 Å². The largest absolute Gasteiger partial charge is 0.493 e. The highest BCUT2D eigenvalue weighted by atomic mass is 16.5. The third-order valence-electron chi connectivity index (χ3n) is 4.42. The smallest absolute Gasteiger partial charge is 0.337 e. The zero-order valence-electron chi connectivity index (χ0n) is 12.7. The van der Waals surface area contributed by atoms with Crippen molar-refractivity contribution in [3.05, 3.63) is 29.3 Å². The predicted molar refractivity (Wildman–Crippen MR) is 79.7 cm³/mol. The maximum atomic E-state index is 11.6. The van der Waals surface area contributed by atoms with Crippen LogP contribution in [0.1, 0.15) is 28.4 Å². The van der Waals surface area contributed by atoms with E-state index in [0.717, 1.165) is 38.3 Å². The van der Waals surface area contributed by atoms with E-state index in [9.17, 15) is 4.79 Å². The molecule has 0 spiro atoms. The van der Waals surface area contributed by atoms with E-state index in [0.29, 0.717) is 18.2 Å². The van der Waals surface area contributed by atoms with Crippen LogP contribution in [0.25, 0.3) is 0 Å². The van der Waals surface area contributed by atoms with E-state index in [-0.39, 0.29) is 5.97 Å². The second-order valence-corrected chi connectivity index (χ2v) is 5.74. The Morgan fingerprint density at radius 1 is 1.29 bits per heavy atom. The van der Waals surface area contributed by atoms with Crippen LogP contribution in [0.2, 0.25) is 0 Å². The van der Waals surface area contributed by atoms with Crippen LogP contribution in [-0.4, -0.2) is 62.7 Å². The van der Waals surface area contributed by atoms with Gasteiger partial charge in [0.05, 0.1) is 19.3 Å². The molecular formula is C16H22N2O3. The maximum absolute atomic E-state index is 11.6. The van der Waals surface area contributed by atoms with Crippen LogP contribution >= 0.6 is 0 Å². The minimum atomic E-state index is -0.317. The number of rotatable bonds is 2. The van der Waals surface area contributed by atoms with Gasteiger partial charge in [-0.05, 0) is 19.2 Å². The number of fused-ring (bicyclic) bond motifs is 1. The van der Waals surface area contributed by atoms with Crippen molar-refractivity contribution in [1.29, 1.82) is 0 Å². The molecule has 2 aliphatic heterocycles. The van der Waals surface area contributed by atoms with Crippen molar-refractivity contribution >= 4 is 5.97 Å². The molecule has 5 heteroatoms. The lowest BCUT2D eigenvalue weighted by Crippen LogP contribution is -2.46. The van der Waals surface area contributed by atoms with Crippen LogP contribution in [0.5, 0.6) is 5.75 Å². The van der Waals surface area contributed by atoms with E-state index in [1.165, 1.54) is 12.7 Å². The summed E-state index contributed by atoms with van der Waals surface area (Å²) in [5.74, 6) is 0.510. The Hall–Kier alpha value is -1.59. The van der Waals surface area contributed by atoms with E-state index >= 15 is 0 Å². The van der Waals surface area contributed by atoms with Crippen LogP contribution in [-0.2, 0) is 4.74 Å². The first kappa shape index (κ1) is 14.4. The summed E-state index contributed by atoms with van der Waals surface area (Å²) >= 11 is 0. The molecule has 0 bridgehead atoms. The lowest BCUT2D eigenvalue weighted by Gasteiger charge is -2.40. The molecule has 1 fully saturated rings. The van der Waals surface area contributed by atoms with Crippen LogP contribution in [0.15, 0.2) is 18.2 Å². The van der Waals surface area contributed by atoms with Crippen molar-refractivity contribution in [1.82, 2.24) is 9.80 Å². The molecule has 0 aliphatic carbocycles. The fraction of sp³-hybridized carbons (Fsp3) is 0.562. The molecule has 1 saturated heterocycles. The highest BCUT2D eigenvalue weighted by Gasteiger charge is 2.29. The van der Waals surface area contributed by atoms with Gasteiger partial charge in [0.1, 0.15) is 5.75 Å². The highest BCUT2D eigenvalue weighted by Crippen LogP contribution is 2.37. The fourth-order valence-electron chi connectivity index (χ4n) is 3.13. The van der Waals surface area contributed by atoms with Gasteiger partial charge in [0, 0.05) is 44.2 Å². The molecule has 2 heterocycles. The molecule has 5 nitrogen and oxygen atoms in total. The van der Waals surface area contributed by atoms with Crippen LogP contribution in [0.3, 0.4) is 0 Å². The van der Waals surface area contributed by atoms with Gasteiger partial charge < -0.3 is 14.4 Å². The number of carbonyl (C=O) groups is 1. The van der Waals surface area contributed by atoms with Gasteiger partial charge in [-0.1, -0.05) is 6.07 Å². The Balaban J connectivity index is 1.83. The third kappa shape index (κ3) is 2.89. The summed E-state index contributed by atoms with van der Waals surface area (Å²) in [6.45, 7) is 5.08. The first-order valence-corrected chi connectivity index (χ1v) is 7.46. The number of carbonyl (C=O) groups excluding carboxylic acids is 1. The number of esters is 1. The third-order valence-corrected chi connectivity index (χ3v) is 4.42. The van der Waals surface area contributed by atoms with Crippen molar-refractivity contribution in [3.8, 4) is 5.75 Å². The number of benzene rings is 1. The SMILES string of the molecule is COC(=O)c1ccc2c(c1)OCCC2N1CCN(C)CC1. The standard InChI is InChI=1S/C16H22N2O3/c1-17-6-8-18(9-7-17)14-5-10-21-15-11-12(16(19)20-2)3-4-13(14)15/h3-4,11,14H,5-10H2,1-2H3. The first-order chi connectivity index (χ1) is 10.2. The minimum Gasteiger partial charge on any atom is -0.493 e. The zero-order chi connectivity index (χ0) is 14.8. The Kier molecular flexibility index (Phi) is 4.12. The molecule has 0 N–H and O–H groups in total. The summed E-state index contributed by atoms with van der Waals surface area (Å²) in [5.41, 5.74) is 1.74. The van der Waals surface area contributed by atoms with Gasteiger partial charge in [-0.2, -0.15) is 0 Å². The molecule has 0 radical (unpaired) electrons. The Morgan fingerprint density at radius 2 is 2.05 bits per heavy atom. The number of piperazine rings is 1. The molecule has 1 aromatic carbocycles. The molecule has 0 saturated carbocycles. The second kappa shape index (κ2) is 6.03. The number of nitrogens with zero attached hydrogens (tertiary/aromatic N) is 2. The van der Waals surface area contributed by atoms with E-state index in [4.69, 9.17) is 9.47 Å². The Labute approximate surface area is 125 Å². The number of ether oxygens (including phenoxy) is 2. The number of hydrogen-bond donors (Lipinski definition) is 0. The lowest BCUT2D eigenvalue weighted by atomic mass is 9.96. The van der Waals surface area contributed by atoms with Crippen molar-refractivity contribution in [2.45, 2.75) is 12.5 Å². The molecule has 21 heavy (non-hydrogen) atoms. The zero-order valence-corrected chi connectivity index (χ0v) is 12.7. The predicted octanol–water partition coefficient (Wildman–Crippen LogP) is 1.54. The normalized spacial score (nSPS) is 23.2. The fourth-order valence-corrected chi connectivity index (χ4v) is 3.13. The van der Waals surface area contributed by atoms with Gasteiger partial charge in [0.25, 0.3) is 0 Å². The van der Waals surface area contributed by atoms with Gasteiger partial charge in [-0.25, -0.2) is 4.79 Å². The summed E-state index contributed by atoms with van der Waals surface area (Å²) in [7, 11) is 3.56. The van der Waals surface area contributed by atoms with Crippen LogP contribution in [0, 0.1) is 0 Å². The summed E-state index contributed by atoms with van der Waals surface area (Å²) in [6.07, 6.45) is 1.01. The lowest BCUT2D eigenvalue weighted by molar-refractivity contribution is 0.0598. The number of methoxy groups -OCH3 is 1. The Bertz CT molecular complexity index is 524. The minimum absolute atomic E-state index is 0.317. The van der Waals surface area contributed by atoms with E-state index in [1.54, 1.807) is 0 Å². The van der Waals surface area contributed by atoms with E-state index in [1.807, 2.05) is 18.2 Å². The Morgan fingerprint density at radius 3 is 2.76 bits per heavy atom. The quantitative estimate of drug-likeness (QED) is 0.773. The molecule has 1 atom stereocenters. The van der Waals surface area contributed by atoms with Gasteiger partial charge in [0.15, 0.2) is 0 Å². The summed E-state index contributed by atoms with van der Waals surface area (Å²) < 4.78 is 10.5. The van der Waals surface area contributed by atoms with Crippen molar-refractivity contribution in [3.63, 3.8) is 0 Å². The molecule has 2 aliphatic rings. The molecule has 114 valence electrons. The van der Waals surface area contributed by atoms with Crippen molar-refractivity contribution in [2.75, 3.05) is 46.9 Å². The van der Waals surface area contributed by atoms with Gasteiger partial charge in [-0.15, -0.1) is 0 Å². The average molecular weight is 290 g/mol. The first-order valence-electron chi connectivity index (χ1n) is 7.46. The number of likely N-dealkylation sites (N-methyl/N-ethyl adjacent to an activating group) is 1. The monoisotopic (exact) mass is 290 g/mol. The molecule has 1 aromatic rings. The van der Waals surface area contributed by atoms with Crippen LogP contribution in [0.4, 0.5) is 0 Å². The second-order valence-electron chi connectivity index (χ2n) is 5.74. The maximum Gasteiger partial charge on any atom is 0.337 e. The van der Waals surface area contributed by atoms with Crippen LogP contribution < -0.4 is 4.74 Å².